The van der Waals surface area contributed by atoms with Crippen LogP contribution in [0.2, 0.25) is 0 Å². The van der Waals surface area contributed by atoms with Crippen molar-refractivity contribution < 1.29 is 18.3 Å². The van der Waals surface area contributed by atoms with Gasteiger partial charge in [-0.15, -0.1) is 0 Å². The van der Waals surface area contributed by atoms with Crippen molar-refractivity contribution in [3.63, 3.8) is 0 Å². The topological polar surface area (TPSA) is 74.7 Å². The molecule has 19 heavy (non-hydrogen) atoms. The number of carbonyl (C=O) groups is 1. The normalized spacial score (nSPS) is 13.5. The molecule has 106 valence electrons. The summed E-state index contributed by atoms with van der Waals surface area (Å²) in [6.45, 7) is 2.96. The van der Waals surface area contributed by atoms with Gasteiger partial charge in [-0.25, -0.2) is 8.42 Å². The highest BCUT2D eigenvalue weighted by atomic mass is 79.9. The summed E-state index contributed by atoms with van der Waals surface area (Å²) in [6, 6.07) is 5.99. The first kappa shape index (κ1) is 16.1. The number of hydrogen-bond donors (Lipinski definition) is 1. The van der Waals surface area contributed by atoms with Crippen LogP contribution in [0.3, 0.4) is 0 Å². The fraction of sp³-hybridized carbons (Fsp3) is 0.417. The molecule has 0 amide bonds. The van der Waals surface area contributed by atoms with Gasteiger partial charge in [0.05, 0.1) is 4.90 Å². The quantitative estimate of drug-likeness (QED) is 0.855. The first-order valence-corrected chi connectivity index (χ1v) is 8.02. The van der Waals surface area contributed by atoms with Crippen molar-refractivity contribution in [1.82, 2.24) is 4.31 Å². The van der Waals surface area contributed by atoms with E-state index in [4.69, 9.17) is 5.11 Å². The number of sulfonamides is 1. The van der Waals surface area contributed by atoms with E-state index >= 15 is 0 Å². The molecule has 0 aliphatic rings. The van der Waals surface area contributed by atoms with Crippen molar-refractivity contribution >= 4 is 31.9 Å². The number of rotatable bonds is 6. The van der Waals surface area contributed by atoms with E-state index in [1.165, 1.54) is 6.07 Å². The van der Waals surface area contributed by atoms with Gasteiger partial charge >= 0.3 is 5.97 Å². The van der Waals surface area contributed by atoms with Gasteiger partial charge in [-0.05, 0) is 41.4 Å². The molecule has 0 bridgehead atoms. The third-order valence-corrected chi connectivity index (χ3v) is 5.77. The number of hydrogen-bond acceptors (Lipinski definition) is 3. The SMILES string of the molecule is CC[C@H](C)N(CC(=O)O)S(=O)(=O)c1ccccc1Br. The number of benzene rings is 1. The van der Waals surface area contributed by atoms with E-state index in [9.17, 15) is 13.2 Å². The predicted molar refractivity (Wildman–Crippen MR) is 75.4 cm³/mol. The molecule has 1 atom stereocenters. The lowest BCUT2D eigenvalue weighted by molar-refractivity contribution is -0.137. The highest BCUT2D eigenvalue weighted by Crippen LogP contribution is 2.26. The van der Waals surface area contributed by atoms with Crippen LogP contribution in [0.4, 0.5) is 0 Å². The summed E-state index contributed by atoms with van der Waals surface area (Å²) in [7, 11) is -3.83. The molecule has 7 heteroatoms. The Hall–Kier alpha value is -0.920. The van der Waals surface area contributed by atoms with E-state index in [1.807, 2.05) is 6.92 Å². The molecule has 1 rings (SSSR count). The van der Waals surface area contributed by atoms with Gasteiger partial charge in [-0.3, -0.25) is 4.79 Å². The van der Waals surface area contributed by atoms with Crippen LogP contribution in [0, 0.1) is 0 Å². The van der Waals surface area contributed by atoms with Crippen molar-refractivity contribution in [2.45, 2.75) is 31.2 Å². The summed E-state index contributed by atoms with van der Waals surface area (Å²) in [5, 5.41) is 8.89. The molecule has 0 fully saturated rings. The standard InChI is InChI=1S/C12H16BrNO4S/c1-3-9(2)14(8-12(15)16)19(17,18)11-7-5-4-6-10(11)13/h4-7,9H,3,8H2,1-2H3,(H,15,16)/t9-/m0/s1. The van der Waals surface area contributed by atoms with Crippen molar-refractivity contribution in [2.24, 2.45) is 0 Å². The van der Waals surface area contributed by atoms with E-state index < -0.39 is 22.5 Å². The van der Waals surface area contributed by atoms with Gasteiger partial charge in [0.25, 0.3) is 0 Å². The van der Waals surface area contributed by atoms with Crippen LogP contribution in [0.1, 0.15) is 20.3 Å². The Balaban J connectivity index is 3.27. The maximum atomic E-state index is 12.5. The Morgan fingerprint density at radius 1 is 1.42 bits per heavy atom. The lowest BCUT2D eigenvalue weighted by Crippen LogP contribution is -2.41. The summed E-state index contributed by atoms with van der Waals surface area (Å²) < 4.78 is 26.5. The molecule has 1 N–H and O–H groups in total. The highest BCUT2D eigenvalue weighted by molar-refractivity contribution is 9.10. The van der Waals surface area contributed by atoms with Crippen molar-refractivity contribution in [2.75, 3.05) is 6.54 Å². The highest BCUT2D eigenvalue weighted by Gasteiger charge is 2.31. The lowest BCUT2D eigenvalue weighted by Gasteiger charge is -2.26. The maximum absolute atomic E-state index is 12.5. The number of carboxylic acids is 1. The largest absolute Gasteiger partial charge is 0.480 e. The van der Waals surface area contributed by atoms with E-state index in [1.54, 1.807) is 25.1 Å². The molecule has 0 saturated heterocycles. The molecular formula is C12H16BrNO4S. The van der Waals surface area contributed by atoms with Crippen LogP contribution in [-0.2, 0) is 14.8 Å². The minimum Gasteiger partial charge on any atom is -0.480 e. The molecule has 1 aromatic carbocycles. The Labute approximate surface area is 121 Å². The molecule has 1 aromatic rings. The predicted octanol–water partition coefficient (Wildman–Crippen LogP) is 2.32. The first-order valence-electron chi connectivity index (χ1n) is 5.78. The lowest BCUT2D eigenvalue weighted by atomic mass is 10.2. The minimum atomic E-state index is -3.83. The molecular weight excluding hydrogens is 334 g/mol. The number of halogens is 1. The Morgan fingerprint density at radius 3 is 2.47 bits per heavy atom. The molecule has 0 aliphatic heterocycles. The fourth-order valence-electron chi connectivity index (χ4n) is 1.59. The molecule has 0 spiro atoms. The van der Waals surface area contributed by atoms with Crippen LogP contribution >= 0.6 is 15.9 Å². The first-order chi connectivity index (χ1) is 8.80. The van der Waals surface area contributed by atoms with Gasteiger partial charge < -0.3 is 5.11 Å². The van der Waals surface area contributed by atoms with Crippen LogP contribution in [-0.4, -0.2) is 36.4 Å². The fourth-order valence-corrected chi connectivity index (χ4v) is 4.21. The number of aliphatic carboxylic acids is 1. The molecule has 0 aromatic heterocycles. The molecule has 0 aliphatic carbocycles. The molecule has 0 unspecified atom stereocenters. The number of nitrogens with zero attached hydrogens (tertiary/aromatic N) is 1. The third-order valence-electron chi connectivity index (χ3n) is 2.80. The summed E-state index contributed by atoms with van der Waals surface area (Å²) >= 11 is 3.18. The van der Waals surface area contributed by atoms with E-state index in [0.29, 0.717) is 10.9 Å². The average molecular weight is 350 g/mol. The van der Waals surface area contributed by atoms with Crippen molar-refractivity contribution in [3.05, 3.63) is 28.7 Å². The van der Waals surface area contributed by atoms with Crippen LogP contribution in [0.15, 0.2) is 33.6 Å². The van der Waals surface area contributed by atoms with Crippen molar-refractivity contribution in [3.8, 4) is 0 Å². The summed E-state index contributed by atoms with van der Waals surface area (Å²) in [5.41, 5.74) is 0. The van der Waals surface area contributed by atoms with Crippen LogP contribution < -0.4 is 0 Å². The van der Waals surface area contributed by atoms with Gasteiger partial charge in [0.1, 0.15) is 6.54 Å². The third kappa shape index (κ3) is 3.77. The maximum Gasteiger partial charge on any atom is 0.318 e. The zero-order valence-corrected chi connectivity index (χ0v) is 13.1. The van der Waals surface area contributed by atoms with E-state index in [0.717, 1.165) is 4.31 Å². The second-order valence-corrected chi connectivity index (χ2v) is 6.85. The second-order valence-electron chi connectivity index (χ2n) is 4.13. The monoisotopic (exact) mass is 349 g/mol. The van der Waals surface area contributed by atoms with Crippen LogP contribution in [0.5, 0.6) is 0 Å². The second kappa shape index (κ2) is 6.49. The zero-order chi connectivity index (χ0) is 14.6. The summed E-state index contributed by atoms with van der Waals surface area (Å²) in [5.74, 6) is -1.17. The van der Waals surface area contributed by atoms with Gasteiger partial charge in [-0.1, -0.05) is 19.1 Å². The number of carboxylic acid groups (broad SMARTS) is 1. The molecule has 0 heterocycles. The summed E-state index contributed by atoms with van der Waals surface area (Å²) in [4.78, 5) is 11.0. The van der Waals surface area contributed by atoms with E-state index in [-0.39, 0.29) is 10.9 Å². The van der Waals surface area contributed by atoms with Gasteiger partial charge in [0.15, 0.2) is 0 Å². The molecule has 5 nitrogen and oxygen atoms in total. The van der Waals surface area contributed by atoms with Gasteiger partial charge in [-0.2, -0.15) is 4.31 Å². The minimum absolute atomic E-state index is 0.0801. The molecule has 0 saturated carbocycles. The average Bonchev–Trinajstić information content (AvgIpc) is 2.35. The van der Waals surface area contributed by atoms with Gasteiger partial charge in [0, 0.05) is 10.5 Å². The van der Waals surface area contributed by atoms with Crippen molar-refractivity contribution in [1.29, 1.82) is 0 Å². The van der Waals surface area contributed by atoms with E-state index in [2.05, 4.69) is 15.9 Å². The Bertz CT molecular complexity index is 559. The summed E-state index contributed by atoms with van der Waals surface area (Å²) in [6.07, 6.45) is 0.539. The zero-order valence-electron chi connectivity index (χ0n) is 10.7. The van der Waals surface area contributed by atoms with Crippen LogP contribution in [0.25, 0.3) is 0 Å². The Morgan fingerprint density at radius 2 is 2.00 bits per heavy atom. The smallest absolute Gasteiger partial charge is 0.318 e. The Kier molecular flexibility index (Phi) is 5.51. The molecule has 0 radical (unpaired) electrons. The van der Waals surface area contributed by atoms with Gasteiger partial charge in [0.2, 0.25) is 10.0 Å².